The van der Waals surface area contributed by atoms with Gasteiger partial charge in [-0.2, -0.15) is 0 Å². The lowest BCUT2D eigenvalue weighted by atomic mass is 10.4. The summed E-state index contributed by atoms with van der Waals surface area (Å²) in [6, 6.07) is 6.51. The summed E-state index contributed by atoms with van der Waals surface area (Å²) in [7, 11) is 1.97. The van der Waals surface area contributed by atoms with Gasteiger partial charge in [0, 0.05) is 23.7 Å². The molecule has 0 aliphatic carbocycles. The molecule has 84 valence electrons. The van der Waals surface area contributed by atoms with E-state index in [2.05, 4.69) is 4.90 Å². The van der Waals surface area contributed by atoms with Crippen LogP contribution in [0.25, 0.3) is 0 Å². The first kappa shape index (κ1) is 12.5. The van der Waals surface area contributed by atoms with Crippen molar-refractivity contribution in [3.8, 4) is 0 Å². The zero-order valence-electron chi connectivity index (χ0n) is 8.82. The molecule has 0 aromatic heterocycles. The molecule has 1 aromatic rings. The van der Waals surface area contributed by atoms with E-state index in [4.69, 9.17) is 5.11 Å². The van der Waals surface area contributed by atoms with Crippen LogP contribution in [-0.2, 0) is 0 Å². The van der Waals surface area contributed by atoms with Gasteiger partial charge in [-0.3, -0.25) is 0 Å². The van der Waals surface area contributed by atoms with Gasteiger partial charge in [0.1, 0.15) is 5.82 Å². The molecule has 0 bridgehead atoms. The third kappa shape index (κ3) is 5.16. The molecular formula is C11H16FNOS. The highest BCUT2D eigenvalue weighted by molar-refractivity contribution is 7.99. The Kier molecular flexibility index (Phi) is 5.68. The first-order valence-electron chi connectivity index (χ1n) is 4.90. The lowest BCUT2D eigenvalue weighted by Crippen LogP contribution is -2.24. The van der Waals surface area contributed by atoms with Crippen molar-refractivity contribution in [1.82, 2.24) is 4.90 Å². The van der Waals surface area contributed by atoms with Gasteiger partial charge in [0.05, 0.1) is 6.61 Å². The van der Waals surface area contributed by atoms with Crippen molar-refractivity contribution in [2.24, 2.45) is 0 Å². The van der Waals surface area contributed by atoms with Crippen molar-refractivity contribution in [3.05, 3.63) is 30.1 Å². The second kappa shape index (κ2) is 6.82. The van der Waals surface area contributed by atoms with E-state index < -0.39 is 0 Å². The molecule has 0 spiro atoms. The highest BCUT2D eigenvalue weighted by Gasteiger charge is 1.98. The third-order valence-electron chi connectivity index (χ3n) is 2.04. The summed E-state index contributed by atoms with van der Waals surface area (Å²) in [5.41, 5.74) is 0. The Morgan fingerprint density at radius 3 is 2.53 bits per heavy atom. The number of hydrogen-bond acceptors (Lipinski definition) is 3. The molecule has 0 amide bonds. The maximum atomic E-state index is 12.6. The van der Waals surface area contributed by atoms with Gasteiger partial charge in [-0.1, -0.05) is 0 Å². The number of hydrogen-bond donors (Lipinski definition) is 1. The summed E-state index contributed by atoms with van der Waals surface area (Å²) < 4.78 is 12.6. The molecule has 1 N–H and O–H groups in total. The molecule has 0 aliphatic rings. The maximum absolute atomic E-state index is 12.6. The second-order valence-corrected chi connectivity index (χ2v) is 4.50. The summed E-state index contributed by atoms with van der Waals surface area (Å²) in [5, 5.41) is 8.69. The van der Waals surface area contributed by atoms with E-state index in [1.165, 1.54) is 12.1 Å². The monoisotopic (exact) mass is 229 g/mol. The van der Waals surface area contributed by atoms with E-state index in [1.54, 1.807) is 23.9 Å². The van der Waals surface area contributed by atoms with Crippen LogP contribution < -0.4 is 0 Å². The number of aliphatic hydroxyl groups excluding tert-OH is 1. The van der Waals surface area contributed by atoms with Crippen LogP contribution >= 0.6 is 11.8 Å². The van der Waals surface area contributed by atoms with Crippen LogP contribution in [0.2, 0.25) is 0 Å². The molecule has 1 aromatic carbocycles. The van der Waals surface area contributed by atoms with Gasteiger partial charge >= 0.3 is 0 Å². The van der Waals surface area contributed by atoms with Crippen LogP contribution in [0.3, 0.4) is 0 Å². The molecular weight excluding hydrogens is 213 g/mol. The molecule has 15 heavy (non-hydrogen) atoms. The highest BCUT2D eigenvalue weighted by Crippen LogP contribution is 2.17. The number of aliphatic hydroxyl groups is 1. The van der Waals surface area contributed by atoms with Crippen molar-refractivity contribution in [2.75, 3.05) is 32.5 Å². The van der Waals surface area contributed by atoms with Crippen LogP contribution in [0, 0.1) is 5.82 Å². The van der Waals surface area contributed by atoms with Gasteiger partial charge in [-0.25, -0.2) is 4.39 Å². The number of nitrogens with zero attached hydrogens (tertiary/aromatic N) is 1. The molecule has 0 radical (unpaired) electrons. The smallest absolute Gasteiger partial charge is 0.123 e. The molecule has 4 heteroatoms. The average Bonchev–Trinajstić information content (AvgIpc) is 2.21. The lowest BCUT2D eigenvalue weighted by Gasteiger charge is -2.14. The molecule has 0 heterocycles. The normalized spacial score (nSPS) is 10.9. The molecule has 0 atom stereocenters. The van der Waals surface area contributed by atoms with Crippen LogP contribution in [0.1, 0.15) is 0 Å². The zero-order valence-corrected chi connectivity index (χ0v) is 9.63. The fraction of sp³-hybridized carbons (Fsp3) is 0.455. The van der Waals surface area contributed by atoms with Gasteiger partial charge in [0.15, 0.2) is 0 Å². The molecule has 2 nitrogen and oxygen atoms in total. The van der Waals surface area contributed by atoms with E-state index >= 15 is 0 Å². The van der Waals surface area contributed by atoms with Gasteiger partial charge in [-0.05, 0) is 31.3 Å². The molecule has 0 saturated heterocycles. The topological polar surface area (TPSA) is 23.5 Å². The maximum Gasteiger partial charge on any atom is 0.123 e. The van der Waals surface area contributed by atoms with E-state index in [-0.39, 0.29) is 12.4 Å². The Morgan fingerprint density at radius 1 is 1.27 bits per heavy atom. The van der Waals surface area contributed by atoms with E-state index in [1.807, 2.05) is 7.05 Å². The predicted molar refractivity (Wildman–Crippen MR) is 61.7 cm³/mol. The van der Waals surface area contributed by atoms with Crippen molar-refractivity contribution in [1.29, 1.82) is 0 Å². The number of likely N-dealkylation sites (N-methyl/N-ethyl adjacent to an activating group) is 1. The standard InChI is InChI=1S/C11H16FNOS/c1-13(6-8-14)7-9-15-11-4-2-10(12)3-5-11/h2-5,14H,6-9H2,1H3. The number of rotatable bonds is 6. The van der Waals surface area contributed by atoms with Crippen molar-refractivity contribution < 1.29 is 9.50 Å². The zero-order chi connectivity index (χ0) is 11.1. The highest BCUT2D eigenvalue weighted by atomic mass is 32.2. The second-order valence-electron chi connectivity index (χ2n) is 3.33. The summed E-state index contributed by atoms with van der Waals surface area (Å²) in [4.78, 5) is 3.14. The SMILES string of the molecule is CN(CCO)CCSc1ccc(F)cc1. The van der Waals surface area contributed by atoms with Crippen molar-refractivity contribution >= 4 is 11.8 Å². The van der Waals surface area contributed by atoms with E-state index in [9.17, 15) is 4.39 Å². The molecule has 1 rings (SSSR count). The molecule has 0 aliphatic heterocycles. The summed E-state index contributed by atoms with van der Waals surface area (Å²) in [6.45, 7) is 1.81. The summed E-state index contributed by atoms with van der Waals surface area (Å²) in [5.74, 6) is 0.749. The Bertz CT molecular complexity index is 278. The molecule has 0 fully saturated rings. The van der Waals surface area contributed by atoms with Gasteiger partial charge in [0.25, 0.3) is 0 Å². The van der Waals surface area contributed by atoms with Crippen molar-refractivity contribution in [2.45, 2.75) is 4.90 Å². The third-order valence-corrected chi connectivity index (χ3v) is 3.03. The Morgan fingerprint density at radius 2 is 1.93 bits per heavy atom. The fourth-order valence-corrected chi connectivity index (χ4v) is 2.10. The quantitative estimate of drug-likeness (QED) is 0.753. The molecule has 0 saturated carbocycles. The fourth-order valence-electron chi connectivity index (χ4n) is 1.13. The van der Waals surface area contributed by atoms with Gasteiger partial charge in [0.2, 0.25) is 0 Å². The molecule has 0 unspecified atom stereocenters. The summed E-state index contributed by atoms with van der Waals surface area (Å²) in [6.07, 6.45) is 0. The van der Waals surface area contributed by atoms with Crippen LogP contribution in [0.5, 0.6) is 0 Å². The summed E-state index contributed by atoms with van der Waals surface area (Å²) >= 11 is 1.69. The van der Waals surface area contributed by atoms with E-state index in [0.29, 0.717) is 6.54 Å². The predicted octanol–water partition coefficient (Wildman–Crippen LogP) is 1.84. The largest absolute Gasteiger partial charge is 0.395 e. The number of benzene rings is 1. The number of thioether (sulfide) groups is 1. The Labute approximate surface area is 94.1 Å². The number of halogens is 1. The Hall–Kier alpha value is -0.580. The minimum absolute atomic E-state index is 0.192. The first-order chi connectivity index (χ1) is 7.22. The average molecular weight is 229 g/mol. The van der Waals surface area contributed by atoms with Gasteiger partial charge < -0.3 is 10.0 Å². The minimum Gasteiger partial charge on any atom is -0.395 e. The minimum atomic E-state index is -0.197. The van der Waals surface area contributed by atoms with Gasteiger partial charge in [-0.15, -0.1) is 11.8 Å². The van der Waals surface area contributed by atoms with E-state index in [0.717, 1.165) is 17.2 Å². The van der Waals surface area contributed by atoms with Crippen molar-refractivity contribution in [3.63, 3.8) is 0 Å². The lowest BCUT2D eigenvalue weighted by molar-refractivity contribution is 0.228. The first-order valence-corrected chi connectivity index (χ1v) is 5.88. The van der Waals surface area contributed by atoms with Crippen LogP contribution in [-0.4, -0.2) is 42.5 Å². The Balaban J connectivity index is 2.22. The van der Waals surface area contributed by atoms with Crippen LogP contribution in [0.15, 0.2) is 29.2 Å². The van der Waals surface area contributed by atoms with Crippen LogP contribution in [0.4, 0.5) is 4.39 Å².